The summed E-state index contributed by atoms with van der Waals surface area (Å²) in [7, 11) is 0. The molecular formula is C20H18F2N2O2S. The molecule has 4 nitrogen and oxygen atoms in total. The molecule has 0 N–H and O–H groups in total. The van der Waals surface area contributed by atoms with E-state index in [2.05, 4.69) is 0 Å². The van der Waals surface area contributed by atoms with E-state index in [9.17, 15) is 18.4 Å². The number of carbonyl (C=O) groups excluding carboxylic acids is 2. The largest absolute Gasteiger partial charge is 0.315 e. The van der Waals surface area contributed by atoms with E-state index in [0.717, 1.165) is 5.56 Å². The predicted octanol–water partition coefficient (Wildman–Crippen LogP) is 3.65. The zero-order valence-corrected chi connectivity index (χ0v) is 15.6. The monoisotopic (exact) mass is 388 g/mol. The molecule has 1 saturated heterocycles. The van der Waals surface area contributed by atoms with Gasteiger partial charge in [-0.3, -0.25) is 9.59 Å². The maximum absolute atomic E-state index is 14.0. The Balaban J connectivity index is 1.81. The van der Waals surface area contributed by atoms with Crippen LogP contribution in [0.15, 0.2) is 42.5 Å². The zero-order valence-electron chi connectivity index (χ0n) is 14.7. The smallest absolute Gasteiger partial charge is 0.268 e. The number of fused-ring (bicyclic) bond motifs is 2. The molecule has 0 bridgehead atoms. The first kappa shape index (κ1) is 18.0. The number of amides is 2. The fourth-order valence-corrected chi connectivity index (χ4v) is 5.23. The Hall–Kier alpha value is -2.41. The molecule has 2 amide bonds. The van der Waals surface area contributed by atoms with Gasteiger partial charge >= 0.3 is 0 Å². The number of nitrogens with zero attached hydrogens (tertiary/aromatic N) is 2. The normalized spacial score (nSPS) is 21.2. The first-order valence-electron chi connectivity index (χ1n) is 8.78. The van der Waals surface area contributed by atoms with Gasteiger partial charge in [0, 0.05) is 24.3 Å². The molecule has 7 heteroatoms. The van der Waals surface area contributed by atoms with Crippen molar-refractivity contribution in [3.63, 3.8) is 0 Å². The minimum Gasteiger partial charge on any atom is -0.315 e. The molecule has 0 saturated carbocycles. The van der Waals surface area contributed by atoms with Crippen LogP contribution < -0.4 is 4.90 Å². The second-order valence-electron chi connectivity index (χ2n) is 6.57. The summed E-state index contributed by atoms with van der Waals surface area (Å²) < 4.78 is 27.3. The highest BCUT2D eigenvalue weighted by atomic mass is 32.2. The summed E-state index contributed by atoms with van der Waals surface area (Å²) in [5.74, 6) is -0.570. The molecule has 140 valence electrons. The lowest BCUT2D eigenvalue weighted by molar-refractivity contribution is -0.139. The second kappa shape index (κ2) is 6.64. The van der Waals surface area contributed by atoms with Crippen LogP contribution in [-0.2, 0) is 21.0 Å². The molecule has 2 aromatic carbocycles. The van der Waals surface area contributed by atoms with Crippen molar-refractivity contribution in [1.29, 1.82) is 0 Å². The van der Waals surface area contributed by atoms with Gasteiger partial charge in [0.2, 0.25) is 5.91 Å². The number of carbonyl (C=O) groups is 2. The van der Waals surface area contributed by atoms with E-state index in [1.165, 1.54) is 36.0 Å². The van der Waals surface area contributed by atoms with Crippen molar-refractivity contribution in [2.24, 2.45) is 0 Å². The van der Waals surface area contributed by atoms with E-state index in [-0.39, 0.29) is 30.6 Å². The molecule has 1 atom stereocenters. The number of thioether (sulfide) groups is 1. The van der Waals surface area contributed by atoms with Gasteiger partial charge in [0.05, 0.1) is 12.2 Å². The van der Waals surface area contributed by atoms with Gasteiger partial charge in [0.15, 0.2) is 4.87 Å². The highest BCUT2D eigenvalue weighted by Crippen LogP contribution is 2.54. The molecule has 2 aliphatic rings. The van der Waals surface area contributed by atoms with Crippen molar-refractivity contribution in [2.75, 3.05) is 17.2 Å². The lowest BCUT2D eigenvalue weighted by Gasteiger charge is -2.33. The average Bonchev–Trinajstić information content (AvgIpc) is 3.20. The Morgan fingerprint density at radius 2 is 1.85 bits per heavy atom. The summed E-state index contributed by atoms with van der Waals surface area (Å²) in [6.07, 6.45) is 0.276. The first-order valence-corrected chi connectivity index (χ1v) is 9.77. The van der Waals surface area contributed by atoms with Crippen molar-refractivity contribution >= 4 is 29.3 Å². The number of hydrogen-bond acceptors (Lipinski definition) is 3. The van der Waals surface area contributed by atoms with Gasteiger partial charge < -0.3 is 9.80 Å². The van der Waals surface area contributed by atoms with Gasteiger partial charge in [0.25, 0.3) is 5.91 Å². The molecule has 0 aliphatic carbocycles. The van der Waals surface area contributed by atoms with Crippen molar-refractivity contribution < 1.29 is 18.4 Å². The Morgan fingerprint density at radius 3 is 2.56 bits per heavy atom. The van der Waals surface area contributed by atoms with Crippen LogP contribution in [-0.4, -0.2) is 29.0 Å². The van der Waals surface area contributed by atoms with Crippen LogP contribution in [0, 0.1) is 11.6 Å². The summed E-state index contributed by atoms with van der Waals surface area (Å²) in [4.78, 5) is 28.0. The Kier molecular flexibility index (Phi) is 4.42. The Morgan fingerprint density at radius 1 is 1.15 bits per heavy atom. The summed E-state index contributed by atoms with van der Waals surface area (Å²) >= 11 is 1.37. The van der Waals surface area contributed by atoms with Gasteiger partial charge in [-0.25, -0.2) is 8.78 Å². The van der Waals surface area contributed by atoms with E-state index in [1.807, 2.05) is 0 Å². The van der Waals surface area contributed by atoms with E-state index >= 15 is 0 Å². The lowest BCUT2D eigenvalue weighted by atomic mass is 10.1. The fourth-order valence-electron chi connectivity index (χ4n) is 3.76. The minimum absolute atomic E-state index is 0.132. The first-order chi connectivity index (χ1) is 13.0. The third kappa shape index (κ3) is 2.72. The third-order valence-corrected chi connectivity index (χ3v) is 6.43. The van der Waals surface area contributed by atoms with Crippen molar-refractivity contribution in [2.45, 2.75) is 24.8 Å². The standard InChI is InChI=1S/C20H18F2N2O2S/c1-2-18(25)24-9-10-27-20(24)16-11-15(22)7-8-17(16)23(19(20)26)12-13-3-5-14(21)6-4-13/h3-8,11H,2,9-10,12H2,1H3/t20-/m1/s1. The molecule has 2 aromatic rings. The predicted molar refractivity (Wildman–Crippen MR) is 100 cm³/mol. The van der Waals surface area contributed by atoms with Gasteiger partial charge in [-0.05, 0) is 35.9 Å². The fraction of sp³-hybridized carbons (Fsp3) is 0.300. The maximum atomic E-state index is 14.0. The highest BCUT2D eigenvalue weighted by molar-refractivity contribution is 8.01. The van der Waals surface area contributed by atoms with Crippen LogP contribution in [0.1, 0.15) is 24.5 Å². The Bertz CT molecular complexity index is 919. The van der Waals surface area contributed by atoms with Crippen molar-refractivity contribution in [3.8, 4) is 0 Å². The van der Waals surface area contributed by atoms with E-state index in [4.69, 9.17) is 0 Å². The van der Waals surface area contributed by atoms with Crippen molar-refractivity contribution in [1.82, 2.24) is 4.90 Å². The van der Waals surface area contributed by atoms with Gasteiger partial charge in [0.1, 0.15) is 11.6 Å². The van der Waals surface area contributed by atoms with Gasteiger partial charge in [-0.1, -0.05) is 19.1 Å². The zero-order chi connectivity index (χ0) is 19.2. The molecule has 4 rings (SSSR count). The van der Waals surface area contributed by atoms with Gasteiger partial charge in [-0.15, -0.1) is 11.8 Å². The maximum Gasteiger partial charge on any atom is 0.268 e. The number of rotatable bonds is 3. The highest BCUT2D eigenvalue weighted by Gasteiger charge is 2.59. The average molecular weight is 388 g/mol. The summed E-state index contributed by atoms with van der Waals surface area (Å²) in [6.45, 7) is 2.43. The number of hydrogen-bond donors (Lipinski definition) is 0. The summed E-state index contributed by atoms with van der Waals surface area (Å²) in [6, 6.07) is 10.2. The minimum atomic E-state index is -1.22. The Labute approximate surface area is 160 Å². The topological polar surface area (TPSA) is 40.6 Å². The lowest BCUT2D eigenvalue weighted by Crippen LogP contribution is -2.50. The molecule has 2 heterocycles. The summed E-state index contributed by atoms with van der Waals surface area (Å²) in [5, 5.41) is 0. The van der Waals surface area contributed by atoms with E-state index in [1.54, 1.807) is 34.9 Å². The molecule has 1 spiro atoms. The van der Waals surface area contributed by atoms with Crippen LogP contribution >= 0.6 is 11.8 Å². The number of halogens is 2. The molecule has 0 radical (unpaired) electrons. The molecule has 0 unspecified atom stereocenters. The van der Waals surface area contributed by atoms with E-state index < -0.39 is 10.7 Å². The van der Waals surface area contributed by atoms with Gasteiger partial charge in [-0.2, -0.15) is 0 Å². The van der Waals surface area contributed by atoms with Crippen LogP contribution in [0.3, 0.4) is 0 Å². The molecule has 2 aliphatic heterocycles. The van der Waals surface area contributed by atoms with Crippen LogP contribution in [0.4, 0.5) is 14.5 Å². The van der Waals surface area contributed by atoms with Crippen LogP contribution in [0.25, 0.3) is 0 Å². The third-order valence-electron chi connectivity index (χ3n) is 5.01. The quantitative estimate of drug-likeness (QED) is 0.806. The SMILES string of the molecule is CCC(=O)N1CCS[C@]12C(=O)N(Cc1ccc(F)cc1)c1ccc(F)cc12. The van der Waals surface area contributed by atoms with Crippen molar-refractivity contribution in [3.05, 3.63) is 65.2 Å². The molecular weight excluding hydrogens is 370 g/mol. The molecule has 27 heavy (non-hydrogen) atoms. The number of benzene rings is 2. The second-order valence-corrected chi connectivity index (χ2v) is 7.86. The van der Waals surface area contributed by atoms with Crippen LogP contribution in [0.2, 0.25) is 0 Å². The molecule has 1 fully saturated rings. The number of anilines is 1. The summed E-state index contributed by atoms with van der Waals surface area (Å²) in [5.41, 5.74) is 1.86. The molecule has 0 aromatic heterocycles. The van der Waals surface area contributed by atoms with E-state index in [0.29, 0.717) is 23.5 Å². The van der Waals surface area contributed by atoms with Crippen LogP contribution in [0.5, 0.6) is 0 Å².